The Morgan fingerprint density at radius 3 is 2.64 bits per heavy atom. The summed E-state index contributed by atoms with van der Waals surface area (Å²) in [5.41, 5.74) is 1.62. The number of benzene rings is 1. The minimum absolute atomic E-state index is 0.0841. The summed E-state index contributed by atoms with van der Waals surface area (Å²) < 4.78 is 31.6. The smallest absolute Gasteiger partial charge is 0.316 e. The van der Waals surface area contributed by atoms with Crippen LogP contribution in [0.5, 0.6) is 6.01 Å². The van der Waals surface area contributed by atoms with Crippen LogP contribution in [0, 0.1) is 11.6 Å². The van der Waals surface area contributed by atoms with Crippen LogP contribution in [-0.4, -0.2) is 50.2 Å². The number of carbonyl (C=O) groups excluding carboxylic acids is 1. The van der Waals surface area contributed by atoms with Crippen molar-refractivity contribution in [2.24, 2.45) is 0 Å². The molecule has 1 aliphatic heterocycles. The normalized spacial score (nSPS) is 16.8. The highest BCUT2D eigenvalue weighted by molar-refractivity contribution is 5.93. The number of ether oxygens (including phenoxy) is 1. The Hall–Kier alpha value is -3.36. The van der Waals surface area contributed by atoms with E-state index in [0.717, 1.165) is 25.2 Å². The van der Waals surface area contributed by atoms with E-state index in [9.17, 15) is 13.6 Å². The van der Waals surface area contributed by atoms with Crippen molar-refractivity contribution in [1.82, 2.24) is 25.1 Å². The fraction of sp³-hybridized carbons (Fsp3) is 0.263. The van der Waals surface area contributed by atoms with E-state index in [2.05, 4.69) is 20.2 Å². The molecule has 2 aromatic heterocycles. The van der Waals surface area contributed by atoms with Crippen molar-refractivity contribution < 1.29 is 18.3 Å². The third kappa shape index (κ3) is 3.98. The summed E-state index contributed by atoms with van der Waals surface area (Å²) in [4.78, 5) is 22.0. The Bertz CT molecular complexity index is 959. The van der Waals surface area contributed by atoms with Gasteiger partial charge in [0.1, 0.15) is 17.6 Å². The van der Waals surface area contributed by atoms with Crippen molar-refractivity contribution in [3.05, 3.63) is 60.1 Å². The molecule has 1 aliphatic rings. The van der Waals surface area contributed by atoms with E-state index >= 15 is 0 Å². The fourth-order valence-corrected chi connectivity index (χ4v) is 3.10. The average molecular weight is 385 g/mol. The van der Waals surface area contributed by atoms with Crippen molar-refractivity contribution in [2.45, 2.75) is 18.9 Å². The SMILES string of the molecule is O=C(c1cc(-c2ccc(F)cc2)n[nH]1)N1CCCC(Oc2ncc(F)cn2)C1. The van der Waals surface area contributed by atoms with Gasteiger partial charge in [-0.05, 0) is 43.2 Å². The van der Waals surface area contributed by atoms with E-state index in [-0.39, 0.29) is 23.8 Å². The van der Waals surface area contributed by atoms with Crippen LogP contribution in [0.3, 0.4) is 0 Å². The summed E-state index contributed by atoms with van der Waals surface area (Å²) in [5.74, 6) is -1.07. The van der Waals surface area contributed by atoms with E-state index in [1.807, 2.05) is 0 Å². The van der Waals surface area contributed by atoms with Crippen molar-refractivity contribution in [3.63, 3.8) is 0 Å². The summed E-state index contributed by atoms with van der Waals surface area (Å²) in [5, 5.41) is 6.89. The second kappa shape index (κ2) is 7.71. The van der Waals surface area contributed by atoms with Crippen LogP contribution in [0.25, 0.3) is 11.3 Å². The first kappa shape index (κ1) is 18.0. The molecule has 1 fully saturated rings. The van der Waals surface area contributed by atoms with E-state index in [4.69, 9.17) is 4.74 Å². The largest absolute Gasteiger partial charge is 0.458 e. The molecule has 0 radical (unpaired) electrons. The third-order valence-corrected chi connectivity index (χ3v) is 4.48. The van der Waals surface area contributed by atoms with E-state index in [1.165, 1.54) is 12.1 Å². The second-order valence-electron chi connectivity index (χ2n) is 6.49. The number of piperidine rings is 1. The van der Waals surface area contributed by atoms with Gasteiger partial charge in [0.2, 0.25) is 0 Å². The number of carbonyl (C=O) groups is 1. The summed E-state index contributed by atoms with van der Waals surface area (Å²) >= 11 is 0. The number of aromatic amines is 1. The number of H-pyrrole nitrogens is 1. The van der Waals surface area contributed by atoms with Crippen molar-refractivity contribution >= 4 is 5.91 Å². The summed E-state index contributed by atoms with van der Waals surface area (Å²) in [6.07, 6.45) is 3.30. The molecule has 1 amide bonds. The molecule has 3 heterocycles. The summed E-state index contributed by atoms with van der Waals surface area (Å²) in [6, 6.07) is 7.62. The lowest BCUT2D eigenvalue weighted by atomic mass is 10.1. The van der Waals surface area contributed by atoms with Crippen LogP contribution < -0.4 is 4.74 Å². The monoisotopic (exact) mass is 385 g/mol. The van der Waals surface area contributed by atoms with Gasteiger partial charge in [-0.2, -0.15) is 5.10 Å². The number of hydrogen-bond donors (Lipinski definition) is 1. The lowest BCUT2D eigenvalue weighted by molar-refractivity contribution is 0.0510. The standard InChI is InChI=1S/C19H17F2N5O2/c20-13-5-3-12(4-6-13)16-8-17(25-24-16)18(27)26-7-1-2-15(11-26)28-19-22-9-14(21)10-23-19/h3-6,8-10,15H,1-2,7,11H2,(H,24,25). The molecule has 7 nitrogen and oxygen atoms in total. The molecule has 1 N–H and O–H groups in total. The zero-order chi connectivity index (χ0) is 19.5. The Kier molecular flexibility index (Phi) is 4.96. The van der Waals surface area contributed by atoms with Gasteiger partial charge in [-0.15, -0.1) is 0 Å². The van der Waals surface area contributed by atoms with Gasteiger partial charge in [-0.25, -0.2) is 18.7 Å². The van der Waals surface area contributed by atoms with Crippen LogP contribution in [-0.2, 0) is 0 Å². The zero-order valence-corrected chi connectivity index (χ0v) is 14.8. The number of halogens is 2. The van der Waals surface area contributed by atoms with Crippen molar-refractivity contribution in [2.75, 3.05) is 13.1 Å². The van der Waals surface area contributed by atoms with Crippen LogP contribution >= 0.6 is 0 Å². The number of rotatable bonds is 4. The Labute approximate surface area is 159 Å². The molecule has 1 unspecified atom stereocenters. The first-order chi connectivity index (χ1) is 13.6. The second-order valence-corrected chi connectivity index (χ2v) is 6.49. The van der Waals surface area contributed by atoms with E-state index < -0.39 is 5.82 Å². The lowest BCUT2D eigenvalue weighted by Gasteiger charge is -2.31. The third-order valence-electron chi connectivity index (χ3n) is 4.48. The maximum atomic E-state index is 13.1. The van der Waals surface area contributed by atoms with Gasteiger partial charge in [-0.1, -0.05) is 0 Å². The molecule has 0 aliphatic carbocycles. The molecule has 0 saturated carbocycles. The number of aromatic nitrogens is 4. The van der Waals surface area contributed by atoms with Gasteiger partial charge in [-0.3, -0.25) is 9.89 Å². The number of amides is 1. The Morgan fingerprint density at radius 2 is 1.89 bits per heavy atom. The maximum absolute atomic E-state index is 13.1. The van der Waals surface area contributed by atoms with Gasteiger partial charge in [0.05, 0.1) is 24.6 Å². The molecule has 4 rings (SSSR count). The molecule has 1 atom stereocenters. The van der Waals surface area contributed by atoms with Crippen molar-refractivity contribution in [3.8, 4) is 17.3 Å². The predicted molar refractivity (Wildman–Crippen MR) is 95.5 cm³/mol. The molecule has 9 heteroatoms. The van der Waals surface area contributed by atoms with Gasteiger partial charge in [0.25, 0.3) is 5.91 Å². The molecular formula is C19H17F2N5O2. The van der Waals surface area contributed by atoms with Crippen LogP contribution in [0.4, 0.5) is 8.78 Å². The maximum Gasteiger partial charge on any atom is 0.316 e. The first-order valence-corrected chi connectivity index (χ1v) is 8.83. The van der Waals surface area contributed by atoms with Gasteiger partial charge >= 0.3 is 6.01 Å². The highest BCUT2D eigenvalue weighted by Crippen LogP contribution is 2.21. The van der Waals surface area contributed by atoms with Crippen LogP contribution in [0.2, 0.25) is 0 Å². The molecular weight excluding hydrogens is 368 g/mol. The van der Waals surface area contributed by atoms with E-state index in [0.29, 0.717) is 30.0 Å². The predicted octanol–water partition coefficient (Wildman–Crippen LogP) is 2.83. The number of likely N-dealkylation sites (tertiary alicyclic amines) is 1. The fourth-order valence-electron chi connectivity index (χ4n) is 3.10. The van der Waals surface area contributed by atoms with E-state index in [1.54, 1.807) is 23.1 Å². The average Bonchev–Trinajstić information content (AvgIpc) is 3.20. The minimum Gasteiger partial charge on any atom is -0.458 e. The topological polar surface area (TPSA) is 84.0 Å². The van der Waals surface area contributed by atoms with Gasteiger partial charge in [0.15, 0.2) is 5.82 Å². The highest BCUT2D eigenvalue weighted by Gasteiger charge is 2.27. The molecule has 0 spiro atoms. The minimum atomic E-state index is -0.538. The van der Waals surface area contributed by atoms with Gasteiger partial charge in [0, 0.05) is 12.1 Å². The molecule has 3 aromatic rings. The highest BCUT2D eigenvalue weighted by atomic mass is 19.1. The Morgan fingerprint density at radius 1 is 1.14 bits per heavy atom. The lowest BCUT2D eigenvalue weighted by Crippen LogP contribution is -2.44. The summed E-state index contributed by atoms with van der Waals surface area (Å²) in [6.45, 7) is 0.957. The molecule has 28 heavy (non-hydrogen) atoms. The molecule has 1 aromatic carbocycles. The zero-order valence-electron chi connectivity index (χ0n) is 14.8. The number of nitrogens with one attached hydrogen (secondary N) is 1. The molecule has 0 bridgehead atoms. The molecule has 1 saturated heterocycles. The van der Waals surface area contributed by atoms with Crippen LogP contribution in [0.15, 0.2) is 42.7 Å². The number of hydrogen-bond acceptors (Lipinski definition) is 5. The summed E-state index contributed by atoms with van der Waals surface area (Å²) in [7, 11) is 0. The molecule has 144 valence electrons. The van der Waals surface area contributed by atoms with Crippen LogP contribution in [0.1, 0.15) is 23.3 Å². The van der Waals surface area contributed by atoms with Gasteiger partial charge < -0.3 is 9.64 Å². The van der Waals surface area contributed by atoms with Crippen molar-refractivity contribution in [1.29, 1.82) is 0 Å². The Balaban J connectivity index is 1.43. The first-order valence-electron chi connectivity index (χ1n) is 8.83. The quantitative estimate of drug-likeness (QED) is 0.747. The number of nitrogens with zero attached hydrogens (tertiary/aromatic N) is 4.